The quantitative estimate of drug-likeness (QED) is 0.516. The molecule has 0 bridgehead atoms. The first kappa shape index (κ1) is 15.3. The molecule has 20 heavy (non-hydrogen) atoms. The molecule has 1 aromatic heterocycles. The molecule has 1 saturated heterocycles. The normalized spacial score (nSPS) is 16.9. The van der Waals surface area contributed by atoms with E-state index in [4.69, 9.17) is 16.3 Å². The summed E-state index contributed by atoms with van der Waals surface area (Å²) in [7, 11) is 0. The Morgan fingerprint density at radius 1 is 1.50 bits per heavy atom. The predicted molar refractivity (Wildman–Crippen MR) is 79.3 cm³/mol. The molecular formula is C12H17ClN4O2S. The Balaban J connectivity index is 2.01. The predicted octanol–water partition coefficient (Wildman–Crippen LogP) is 1.51. The summed E-state index contributed by atoms with van der Waals surface area (Å²) in [6.07, 6.45) is 1.87. The average Bonchev–Trinajstić information content (AvgIpc) is 2.46. The lowest BCUT2D eigenvalue weighted by atomic mass is 10.2. The van der Waals surface area contributed by atoms with Crippen molar-refractivity contribution in [3.63, 3.8) is 0 Å². The smallest absolute Gasteiger partial charge is 0.244 e. The number of rotatable bonds is 4. The van der Waals surface area contributed by atoms with Crippen LogP contribution in [0.5, 0.6) is 0 Å². The Morgan fingerprint density at radius 2 is 2.20 bits per heavy atom. The Bertz CT molecular complexity index is 483. The zero-order valence-corrected chi connectivity index (χ0v) is 13.0. The number of halogens is 1. The molecule has 110 valence electrons. The van der Waals surface area contributed by atoms with E-state index >= 15 is 0 Å². The van der Waals surface area contributed by atoms with Crippen molar-refractivity contribution < 1.29 is 9.53 Å². The summed E-state index contributed by atoms with van der Waals surface area (Å²) in [6.45, 7) is 4.26. The van der Waals surface area contributed by atoms with Crippen LogP contribution in [-0.2, 0) is 9.53 Å². The van der Waals surface area contributed by atoms with Gasteiger partial charge in [0.1, 0.15) is 17.0 Å². The number of amides is 1. The first-order valence-corrected chi connectivity index (χ1v) is 7.92. The van der Waals surface area contributed by atoms with Gasteiger partial charge in [-0.25, -0.2) is 9.97 Å². The first-order chi connectivity index (χ1) is 9.60. The van der Waals surface area contributed by atoms with Gasteiger partial charge in [0.05, 0.1) is 13.2 Å². The number of carbonyl (C=O) groups excluding carboxylic acids is 1. The molecule has 1 amide bonds. The summed E-state index contributed by atoms with van der Waals surface area (Å²) in [4.78, 5) is 22.4. The third-order valence-corrected chi connectivity index (χ3v) is 3.66. The van der Waals surface area contributed by atoms with Crippen molar-refractivity contribution in [3.8, 4) is 0 Å². The van der Waals surface area contributed by atoms with Crippen LogP contribution in [0, 0.1) is 0 Å². The monoisotopic (exact) mass is 316 g/mol. The average molecular weight is 317 g/mol. The van der Waals surface area contributed by atoms with Crippen LogP contribution in [0.4, 0.5) is 5.82 Å². The standard InChI is InChI=1S/C12H17ClN4O2S/c1-8(11(18)17-3-5-19-6-4-17)14-10-7-9(13)15-12(16-10)20-2/h7-8H,3-6H2,1-2H3,(H,14,15,16). The molecule has 0 spiro atoms. The zero-order chi connectivity index (χ0) is 14.5. The minimum atomic E-state index is -0.367. The molecule has 6 nitrogen and oxygen atoms in total. The number of hydrogen-bond acceptors (Lipinski definition) is 6. The summed E-state index contributed by atoms with van der Waals surface area (Å²) in [6, 6.07) is 1.25. The molecule has 2 rings (SSSR count). The molecule has 1 atom stereocenters. The third kappa shape index (κ3) is 3.97. The molecule has 1 aliphatic rings. The van der Waals surface area contributed by atoms with Crippen molar-refractivity contribution in [2.24, 2.45) is 0 Å². The van der Waals surface area contributed by atoms with E-state index in [2.05, 4.69) is 15.3 Å². The highest BCUT2D eigenvalue weighted by Gasteiger charge is 2.22. The van der Waals surface area contributed by atoms with Crippen LogP contribution in [0.2, 0.25) is 5.15 Å². The summed E-state index contributed by atoms with van der Waals surface area (Å²) in [5, 5.41) is 4.01. The number of nitrogens with zero attached hydrogens (tertiary/aromatic N) is 3. The van der Waals surface area contributed by atoms with Gasteiger partial charge in [-0.2, -0.15) is 0 Å². The maximum atomic E-state index is 12.3. The second-order valence-electron chi connectivity index (χ2n) is 4.37. The van der Waals surface area contributed by atoms with E-state index in [1.807, 2.05) is 13.2 Å². The number of morpholine rings is 1. The molecule has 1 unspecified atom stereocenters. The van der Waals surface area contributed by atoms with Gasteiger partial charge in [-0.1, -0.05) is 23.4 Å². The molecule has 1 N–H and O–H groups in total. The molecule has 2 heterocycles. The molecule has 1 fully saturated rings. The van der Waals surface area contributed by atoms with Gasteiger partial charge in [-0.15, -0.1) is 0 Å². The van der Waals surface area contributed by atoms with Crippen LogP contribution in [0.3, 0.4) is 0 Å². The van der Waals surface area contributed by atoms with Crippen molar-refractivity contribution in [1.29, 1.82) is 0 Å². The summed E-state index contributed by atoms with van der Waals surface area (Å²) >= 11 is 7.33. The van der Waals surface area contributed by atoms with Crippen LogP contribution in [0.25, 0.3) is 0 Å². The number of carbonyl (C=O) groups is 1. The highest BCUT2D eigenvalue weighted by Crippen LogP contribution is 2.18. The van der Waals surface area contributed by atoms with Crippen molar-refractivity contribution in [3.05, 3.63) is 11.2 Å². The van der Waals surface area contributed by atoms with Crippen LogP contribution in [-0.4, -0.2) is 59.4 Å². The van der Waals surface area contributed by atoms with Crippen LogP contribution >= 0.6 is 23.4 Å². The maximum Gasteiger partial charge on any atom is 0.244 e. The number of anilines is 1. The Labute approximate surface area is 127 Å². The highest BCUT2D eigenvalue weighted by atomic mass is 35.5. The van der Waals surface area contributed by atoms with E-state index in [1.165, 1.54) is 11.8 Å². The SMILES string of the molecule is CSc1nc(Cl)cc(NC(C)C(=O)N2CCOCC2)n1. The van der Waals surface area contributed by atoms with Crippen molar-refractivity contribution in [1.82, 2.24) is 14.9 Å². The Morgan fingerprint density at radius 3 is 2.85 bits per heavy atom. The lowest BCUT2D eigenvalue weighted by Crippen LogP contribution is -2.47. The number of thioether (sulfide) groups is 1. The van der Waals surface area contributed by atoms with Gasteiger partial charge in [0.25, 0.3) is 0 Å². The van der Waals surface area contributed by atoms with Gasteiger partial charge < -0.3 is 15.0 Å². The van der Waals surface area contributed by atoms with E-state index in [-0.39, 0.29) is 11.9 Å². The largest absolute Gasteiger partial charge is 0.378 e. The fraction of sp³-hybridized carbons (Fsp3) is 0.583. The van der Waals surface area contributed by atoms with E-state index in [0.717, 1.165) is 0 Å². The molecule has 8 heteroatoms. The van der Waals surface area contributed by atoms with Crippen LogP contribution < -0.4 is 5.32 Å². The number of nitrogens with one attached hydrogen (secondary N) is 1. The lowest BCUT2D eigenvalue weighted by molar-refractivity contribution is -0.135. The van der Waals surface area contributed by atoms with Crippen molar-refractivity contribution >= 4 is 35.1 Å². The van der Waals surface area contributed by atoms with Crippen LogP contribution in [0.15, 0.2) is 11.2 Å². The summed E-state index contributed by atoms with van der Waals surface area (Å²) in [5.41, 5.74) is 0. The molecule has 0 aliphatic carbocycles. The van der Waals surface area contributed by atoms with Crippen molar-refractivity contribution in [2.45, 2.75) is 18.1 Å². The zero-order valence-electron chi connectivity index (χ0n) is 11.4. The lowest BCUT2D eigenvalue weighted by Gasteiger charge is -2.29. The van der Waals surface area contributed by atoms with E-state index in [1.54, 1.807) is 11.0 Å². The Hall–Kier alpha value is -1.05. The van der Waals surface area contributed by atoms with Gasteiger partial charge in [0.2, 0.25) is 5.91 Å². The van der Waals surface area contributed by atoms with Gasteiger partial charge in [-0.05, 0) is 13.2 Å². The second kappa shape index (κ2) is 7.10. The van der Waals surface area contributed by atoms with Crippen molar-refractivity contribution in [2.75, 3.05) is 37.9 Å². The minimum absolute atomic E-state index is 0.0359. The number of ether oxygens (including phenoxy) is 1. The van der Waals surface area contributed by atoms with E-state index in [0.29, 0.717) is 42.4 Å². The van der Waals surface area contributed by atoms with Gasteiger partial charge in [-0.3, -0.25) is 4.79 Å². The Kier molecular flexibility index (Phi) is 5.45. The topological polar surface area (TPSA) is 67.4 Å². The molecule has 0 radical (unpaired) electrons. The van der Waals surface area contributed by atoms with E-state index < -0.39 is 0 Å². The minimum Gasteiger partial charge on any atom is -0.378 e. The molecule has 1 aliphatic heterocycles. The fourth-order valence-corrected chi connectivity index (χ4v) is 2.52. The second-order valence-corrected chi connectivity index (χ2v) is 5.53. The fourth-order valence-electron chi connectivity index (χ4n) is 1.90. The molecule has 1 aromatic rings. The summed E-state index contributed by atoms with van der Waals surface area (Å²) < 4.78 is 5.24. The van der Waals surface area contributed by atoms with E-state index in [9.17, 15) is 4.79 Å². The number of hydrogen-bond donors (Lipinski definition) is 1. The molecular weight excluding hydrogens is 300 g/mol. The highest BCUT2D eigenvalue weighted by molar-refractivity contribution is 7.98. The number of aromatic nitrogens is 2. The molecule has 0 saturated carbocycles. The van der Waals surface area contributed by atoms with Gasteiger partial charge in [0.15, 0.2) is 5.16 Å². The van der Waals surface area contributed by atoms with Crippen LogP contribution in [0.1, 0.15) is 6.92 Å². The first-order valence-electron chi connectivity index (χ1n) is 6.32. The third-order valence-electron chi connectivity index (χ3n) is 2.91. The molecule has 0 aromatic carbocycles. The van der Waals surface area contributed by atoms with Gasteiger partial charge in [0, 0.05) is 19.2 Å². The van der Waals surface area contributed by atoms with Gasteiger partial charge >= 0.3 is 0 Å². The summed E-state index contributed by atoms with van der Waals surface area (Å²) in [5.74, 6) is 0.595. The maximum absolute atomic E-state index is 12.3.